The van der Waals surface area contributed by atoms with Crippen molar-refractivity contribution >= 4 is 17.7 Å². The van der Waals surface area contributed by atoms with E-state index in [4.69, 9.17) is 9.72 Å². The highest BCUT2D eigenvalue weighted by molar-refractivity contribution is 7.99. The van der Waals surface area contributed by atoms with Crippen molar-refractivity contribution in [3.8, 4) is 23.0 Å². The van der Waals surface area contributed by atoms with Crippen molar-refractivity contribution < 1.29 is 13.9 Å². The van der Waals surface area contributed by atoms with Gasteiger partial charge in [-0.3, -0.25) is 4.79 Å². The van der Waals surface area contributed by atoms with Gasteiger partial charge in [0.2, 0.25) is 11.8 Å². The Kier molecular flexibility index (Phi) is 5.99. The molecule has 0 N–H and O–H groups in total. The fourth-order valence-corrected chi connectivity index (χ4v) is 4.30. The molecule has 2 aromatic carbocycles. The standard InChI is InChI=1S/C23H22FN3O2S/c1-3-27(4-2)20(28)14-30-23-18-13-16-7-5-6-8-19(16)29-22(18)25-21(26-23)15-9-11-17(24)12-10-15/h5-12H,3-4,13-14H2,1-2H3. The first-order chi connectivity index (χ1) is 14.6. The molecule has 4 rings (SSSR count). The zero-order chi connectivity index (χ0) is 21.1. The highest BCUT2D eigenvalue weighted by Crippen LogP contribution is 2.40. The van der Waals surface area contributed by atoms with Crippen molar-refractivity contribution in [2.45, 2.75) is 25.3 Å². The summed E-state index contributed by atoms with van der Waals surface area (Å²) in [7, 11) is 0. The number of benzene rings is 2. The summed E-state index contributed by atoms with van der Waals surface area (Å²) in [5.41, 5.74) is 2.62. The van der Waals surface area contributed by atoms with Gasteiger partial charge in [-0.25, -0.2) is 9.37 Å². The van der Waals surface area contributed by atoms with Crippen LogP contribution in [-0.2, 0) is 11.2 Å². The molecule has 3 aromatic rings. The summed E-state index contributed by atoms with van der Waals surface area (Å²) in [5.74, 6) is 1.74. The molecule has 0 fully saturated rings. The number of aromatic nitrogens is 2. The predicted octanol–water partition coefficient (Wildman–Crippen LogP) is 4.94. The average Bonchev–Trinajstić information content (AvgIpc) is 2.77. The Balaban J connectivity index is 1.71. The van der Waals surface area contributed by atoms with Crippen LogP contribution < -0.4 is 4.74 Å². The van der Waals surface area contributed by atoms with Gasteiger partial charge >= 0.3 is 0 Å². The van der Waals surface area contributed by atoms with E-state index in [0.29, 0.717) is 41.8 Å². The topological polar surface area (TPSA) is 55.3 Å². The second-order valence-corrected chi connectivity index (χ2v) is 7.85. The van der Waals surface area contributed by atoms with Crippen LogP contribution in [0.25, 0.3) is 11.4 Å². The minimum absolute atomic E-state index is 0.0674. The first-order valence-electron chi connectivity index (χ1n) is 9.92. The van der Waals surface area contributed by atoms with Gasteiger partial charge in [-0.2, -0.15) is 4.98 Å². The summed E-state index contributed by atoms with van der Waals surface area (Å²) in [6.45, 7) is 5.29. The Morgan fingerprint density at radius 1 is 1.10 bits per heavy atom. The smallest absolute Gasteiger partial charge is 0.232 e. The molecule has 0 aliphatic carbocycles. The van der Waals surface area contributed by atoms with Crippen LogP contribution in [0, 0.1) is 5.82 Å². The maximum atomic E-state index is 13.4. The van der Waals surface area contributed by atoms with E-state index in [-0.39, 0.29) is 17.5 Å². The minimum atomic E-state index is -0.318. The molecule has 1 aromatic heterocycles. The quantitative estimate of drug-likeness (QED) is 0.325. The Labute approximate surface area is 179 Å². The second kappa shape index (κ2) is 8.83. The molecule has 1 aliphatic rings. The van der Waals surface area contributed by atoms with Crippen LogP contribution >= 0.6 is 11.8 Å². The third-order valence-corrected chi connectivity index (χ3v) is 6.03. The van der Waals surface area contributed by atoms with Crippen LogP contribution in [0.3, 0.4) is 0 Å². The molecule has 0 spiro atoms. The summed E-state index contributed by atoms with van der Waals surface area (Å²) in [6.07, 6.45) is 0.636. The van der Waals surface area contributed by atoms with E-state index >= 15 is 0 Å². The summed E-state index contributed by atoms with van der Waals surface area (Å²) in [5, 5.41) is 0.717. The molecule has 0 radical (unpaired) electrons. The van der Waals surface area contributed by atoms with E-state index in [1.807, 2.05) is 38.1 Å². The summed E-state index contributed by atoms with van der Waals surface area (Å²) >= 11 is 1.39. The van der Waals surface area contributed by atoms with Gasteiger partial charge < -0.3 is 9.64 Å². The summed E-state index contributed by atoms with van der Waals surface area (Å²) in [4.78, 5) is 23.6. The molecule has 2 heterocycles. The number of hydrogen-bond donors (Lipinski definition) is 0. The normalized spacial score (nSPS) is 12.0. The van der Waals surface area contributed by atoms with Crippen LogP contribution in [0.4, 0.5) is 4.39 Å². The number of amides is 1. The van der Waals surface area contributed by atoms with Crippen molar-refractivity contribution in [1.82, 2.24) is 14.9 Å². The number of carbonyl (C=O) groups excluding carboxylic acids is 1. The third-order valence-electron chi connectivity index (χ3n) is 5.03. The Morgan fingerprint density at radius 2 is 1.83 bits per heavy atom. The molecule has 154 valence electrons. The molecule has 0 bridgehead atoms. The maximum Gasteiger partial charge on any atom is 0.232 e. The van der Waals surface area contributed by atoms with Gasteiger partial charge in [0.05, 0.1) is 11.3 Å². The van der Waals surface area contributed by atoms with Crippen molar-refractivity contribution in [3.63, 3.8) is 0 Å². The van der Waals surface area contributed by atoms with Crippen molar-refractivity contribution in [2.24, 2.45) is 0 Å². The van der Waals surface area contributed by atoms with Crippen LogP contribution in [0.5, 0.6) is 11.6 Å². The van der Waals surface area contributed by atoms with E-state index < -0.39 is 0 Å². The van der Waals surface area contributed by atoms with E-state index in [2.05, 4.69) is 4.98 Å². The number of para-hydroxylation sites is 1. The molecular formula is C23H22FN3O2S. The molecule has 1 amide bonds. The first-order valence-corrected chi connectivity index (χ1v) is 10.9. The van der Waals surface area contributed by atoms with Gasteiger partial charge in [-0.15, -0.1) is 0 Å². The minimum Gasteiger partial charge on any atom is -0.438 e. The fraction of sp³-hybridized carbons (Fsp3) is 0.261. The highest BCUT2D eigenvalue weighted by atomic mass is 32.2. The van der Waals surface area contributed by atoms with Crippen LogP contribution in [0.2, 0.25) is 0 Å². The van der Waals surface area contributed by atoms with Crippen molar-refractivity contribution in [2.75, 3.05) is 18.8 Å². The maximum absolute atomic E-state index is 13.4. The number of nitrogens with zero attached hydrogens (tertiary/aromatic N) is 3. The van der Waals surface area contributed by atoms with Gasteiger partial charge in [0.15, 0.2) is 5.82 Å². The van der Waals surface area contributed by atoms with Gasteiger partial charge in [0.1, 0.15) is 16.6 Å². The largest absolute Gasteiger partial charge is 0.438 e. The lowest BCUT2D eigenvalue weighted by Crippen LogP contribution is -2.31. The summed E-state index contributed by atoms with van der Waals surface area (Å²) in [6, 6.07) is 13.9. The summed E-state index contributed by atoms with van der Waals surface area (Å²) < 4.78 is 19.4. The van der Waals surface area contributed by atoms with Gasteiger partial charge in [0.25, 0.3) is 0 Å². The van der Waals surface area contributed by atoms with Gasteiger partial charge in [-0.1, -0.05) is 30.0 Å². The Bertz CT molecular complexity index is 1070. The van der Waals surface area contributed by atoms with Crippen LogP contribution in [0.15, 0.2) is 53.6 Å². The average molecular weight is 424 g/mol. The molecule has 0 unspecified atom stereocenters. The molecular weight excluding hydrogens is 401 g/mol. The lowest BCUT2D eigenvalue weighted by molar-refractivity contribution is -0.127. The zero-order valence-electron chi connectivity index (χ0n) is 16.9. The molecule has 0 saturated heterocycles. The van der Waals surface area contributed by atoms with E-state index in [0.717, 1.165) is 16.9 Å². The van der Waals surface area contributed by atoms with Gasteiger partial charge in [0, 0.05) is 25.1 Å². The van der Waals surface area contributed by atoms with Crippen molar-refractivity contribution in [3.05, 3.63) is 65.5 Å². The first kappa shape index (κ1) is 20.3. The molecule has 0 atom stereocenters. The number of hydrogen-bond acceptors (Lipinski definition) is 5. The third kappa shape index (κ3) is 4.16. The SMILES string of the molecule is CCN(CC)C(=O)CSc1nc(-c2ccc(F)cc2)nc2c1Cc1ccccc1O2. The predicted molar refractivity (Wildman–Crippen MR) is 115 cm³/mol. The van der Waals surface area contributed by atoms with Gasteiger partial charge in [-0.05, 0) is 49.7 Å². The number of ether oxygens (including phenoxy) is 1. The lowest BCUT2D eigenvalue weighted by atomic mass is 10.0. The Hall–Kier alpha value is -2.93. The number of fused-ring (bicyclic) bond motifs is 2. The molecule has 30 heavy (non-hydrogen) atoms. The fourth-order valence-electron chi connectivity index (χ4n) is 3.37. The van der Waals surface area contributed by atoms with E-state index in [1.165, 1.54) is 23.9 Å². The molecule has 0 saturated carbocycles. The molecule has 5 nitrogen and oxygen atoms in total. The second-order valence-electron chi connectivity index (χ2n) is 6.88. The highest BCUT2D eigenvalue weighted by Gasteiger charge is 2.25. The number of halogens is 1. The molecule has 7 heteroatoms. The van der Waals surface area contributed by atoms with Crippen LogP contribution in [0.1, 0.15) is 25.0 Å². The number of rotatable bonds is 6. The van der Waals surface area contributed by atoms with E-state index in [9.17, 15) is 9.18 Å². The van der Waals surface area contributed by atoms with E-state index in [1.54, 1.807) is 17.0 Å². The Morgan fingerprint density at radius 3 is 2.57 bits per heavy atom. The monoisotopic (exact) mass is 423 g/mol. The molecule has 1 aliphatic heterocycles. The number of carbonyl (C=O) groups is 1. The van der Waals surface area contributed by atoms with Crippen molar-refractivity contribution in [1.29, 1.82) is 0 Å². The number of thioether (sulfide) groups is 1. The van der Waals surface area contributed by atoms with Crippen LogP contribution in [-0.4, -0.2) is 39.6 Å². The zero-order valence-corrected chi connectivity index (χ0v) is 17.7. The lowest BCUT2D eigenvalue weighted by Gasteiger charge is -2.22.